The van der Waals surface area contributed by atoms with Gasteiger partial charge in [-0.25, -0.2) is 0 Å². The lowest BCUT2D eigenvalue weighted by molar-refractivity contribution is -0.195. The molecule has 2 heteroatoms. The van der Waals surface area contributed by atoms with Crippen LogP contribution in [0.4, 0.5) is 0 Å². The predicted octanol–water partition coefficient (Wildman–Crippen LogP) is 6.88. The summed E-state index contributed by atoms with van der Waals surface area (Å²) in [5.41, 5.74) is 4.55. The van der Waals surface area contributed by atoms with E-state index in [2.05, 4.69) is 54.5 Å². The molecular formula is C29H44O2. The second-order valence-electron chi connectivity index (χ2n) is 13.5. The topological polar surface area (TPSA) is 37.3 Å². The number of hydrogen-bond donors (Lipinski definition) is 1. The van der Waals surface area contributed by atoms with Crippen molar-refractivity contribution in [3.05, 3.63) is 22.8 Å². The van der Waals surface area contributed by atoms with E-state index in [-0.39, 0.29) is 27.8 Å². The van der Waals surface area contributed by atoms with Crippen LogP contribution in [0.3, 0.4) is 0 Å². The molecule has 1 N–H and O–H groups in total. The van der Waals surface area contributed by atoms with Crippen molar-refractivity contribution in [2.75, 3.05) is 0 Å². The van der Waals surface area contributed by atoms with Gasteiger partial charge in [-0.2, -0.15) is 0 Å². The molecule has 0 aromatic heterocycles. The fraction of sp³-hybridized carbons (Fsp3) is 0.828. The second kappa shape index (κ2) is 6.58. The zero-order valence-corrected chi connectivity index (χ0v) is 21.0. The molecule has 31 heavy (non-hydrogen) atoms. The third-order valence-electron chi connectivity index (χ3n) is 11.8. The van der Waals surface area contributed by atoms with Gasteiger partial charge in [0.25, 0.3) is 0 Å². The van der Waals surface area contributed by atoms with Crippen LogP contribution in [0.15, 0.2) is 22.8 Å². The van der Waals surface area contributed by atoms with Gasteiger partial charge in [0, 0.05) is 11.8 Å². The Morgan fingerprint density at radius 2 is 1.71 bits per heavy atom. The molecule has 0 spiro atoms. The quantitative estimate of drug-likeness (QED) is 0.498. The van der Waals surface area contributed by atoms with E-state index in [4.69, 9.17) is 0 Å². The Morgan fingerprint density at radius 1 is 1.00 bits per heavy atom. The molecule has 5 aliphatic rings. The first-order valence-corrected chi connectivity index (χ1v) is 13.0. The molecule has 0 heterocycles. The second-order valence-corrected chi connectivity index (χ2v) is 13.5. The molecule has 0 saturated heterocycles. The van der Waals surface area contributed by atoms with Crippen molar-refractivity contribution in [1.29, 1.82) is 0 Å². The number of rotatable bonds is 1. The zero-order valence-electron chi connectivity index (χ0n) is 21.0. The number of aliphatic hydroxyl groups is 1. The van der Waals surface area contributed by atoms with E-state index in [1.165, 1.54) is 24.0 Å². The van der Waals surface area contributed by atoms with Gasteiger partial charge in [-0.1, -0.05) is 54.5 Å². The Morgan fingerprint density at radius 3 is 2.39 bits per heavy atom. The molecule has 5 rings (SSSR count). The summed E-state index contributed by atoms with van der Waals surface area (Å²) >= 11 is 0. The summed E-state index contributed by atoms with van der Waals surface area (Å²) in [6, 6.07) is 0. The van der Waals surface area contributed by atoms with Crippen molar-refractivity contribution >= 4 is 5.78 Å². The van der Waals surface area contributed by atoms with Gasteiger partial charge in [-0.05, 0) is 102 Å². The first kappa shape index (κ1) is 21.9. The van der Waals surface area contributed by atoms with Crippen molar-refractivity contribution < 1.29 is 9.90 Å². The highest BCUT2D eigenvalue weighted by Gasteiger charge is 2.67. The highest BCUT2D eigenvalue weighted by atomic mass is 16.3. The zero-order chi connectivity index (χ0) is 22.6. The summed E-state index contributed by atoms with van der Waals surface area (Å²) < 4.78 is 0. The van der Waals surface area contributed by atoms with Crippen molar-refractivity contribution in [1.82, 2.24) is 0 Å². The van der Waals surface area contributed by atoms with Crippen LogP contribution >= 0.6 is 0 Å². The van der Waals surface area contributed by atoms with Gasteiger partial charge >= 0.3 is 0 Å². The average Bonchev–Trinajstić information content (AvgIpc) is 3.12. The van der Waals surface area contributed by atoms with Crippen LogP contribution in [0.1, 0.15) is 99.8 Å². The molecule has 0 radical (unpaired) electrons. The molecule has 0 aliphatic heterocycles. The van der Waals surface area contributed by atoms with Gasteiger partial charge in [-0.15, -0.1) is 0 Å². The average molecular weight is 425 g/mol. The maximum absolute atomic E-state index is 13.5. The maximum Gasteiger partial charge on any atom is 0.160 e. The van der Waals surface area contributed by atoms with Gasteiger partial charge in [0.05, 0.1) is 6.10 Å². The molecule has 0 bridgehead atoms. The summed E-state index contributed by atoms with van der Waals surface area (Å²) in [5.74, 6) is 2.76. The van der Waals surface area contributed by atoms with Crippen LogP contribution in [-0.4, -0.2) is 17.0 Å². The molecule has 2 saturated carbocycles. The van der Waals surface area contributed by atoms with Crippen LogP contribution in [-0.2, 0) is 4.79 Å². The Labute approximate surface area is 190 Å². The number of allylic oxidation sites excluding steroid dienone is 4. The third-order valence-corrected chi connectivity index (χ3v) is 11.8. The lowest BCUT2D eigenvalue weighted by Gasteiger charge is -2.69. The number of carbonyl (C=O) groups is 1. The normalized spacial score (nSPS) is 48.7. The Kier molecular flexibility index (Phi) is 4.66. The van der Waals surface area contributed by atoms with Crippen LogP contribution in [0.2, 0.25) is 0 Å². The Bertz CT molecular complexity index is 875. The summed E-state index contributed by atoms with van der Waals surface area (Å²) in [6.45, 7) is 16.8. The van der Waals surface area contributed by atoms with Crippen molar-refractivity contribution in [3.63, 3.8) is 0 Å². The smallest absolute Gasteiger partial charge is 0.160 e. The molecule has 172 valence electrons. The van der Waals surface area contributed by atoms with E-state index in [9.17, 15) is 9.90 Å². The van der Waals surface area contributed by atoms with E-state index in [0.717, 1.165) is 32.1 Å². The van der Waals surface area contributed by atoms with Crippen molar-refractivity contribution in [2.45, 2.75) is 106 Å². The monoisotopic (exact) mass is 424 g/mol. The molecule has 7 atom stereocenters. The first-order chi connectivity index (χ1) is 14.4. The molecule has 0 amide bonds. The van der Waals surface area contributed by atoms with E-state index >= 15 is 0 Å². The largest absolute Gasteiger partial charge is 0.393 e. The predicted molar refractivity (Wildman–Crippen MR) is 126 cm³/mol. The summed E-state index contributed by atoms with van der Waals surface area (Å²) in [4.78, 5) is 13.5. The first-order valence-electron chi connectivity index (χ1n) is 13.0. The Hall–Kier alpha value is -0.890. The number of fused-ring (bicyclic) bond motifs is 6. The number of Topliss-reactive ketones (excluding diaryl/α,β-unsaturated/α-hetero) is 1. The number of carbonyl (C=O) groups excluding carboxylic acids is 1. The molecule has 5 aliphatic carbocycles. The van der Waals surface area contributed by atoms with Crippen LogP contribution in [0.25, 0.3) is 0 Å². The summed E-state index contributed by atoms with van der Waals surface area (Å²) in [7, 11) is 0. The fourth-order valence-electron chi connectivity index (χ4n) is 9.75. The Balaban J connectivity index is 1.63. The van der Waals surface area contributed by atoms with Gasteiger partial charge in [0.2, 0.25) is 0 Å². The minimum Gasteiger partial charge on any atom is -0.393 e. The minimum atomic E-state index is -0.186. The maximum atomic E-state index is 13.5. The number of aliphatic hydroxyl groups excluding tert-OH is 1. The molecule has 0 unspecified atom stereocenters. The van der Waals surface area contributed by atoms with E-state index in [1.54, 1.807) is 5.57 Å². The molecule has 0 aromatic rings. The standard InChI is InChI=1S/C29H44O2/c1-17(2)18-8-9-19-21(30)16-29(7)20(25(18)19)10-11-23-27(5)14-13-24(31)26(3,4)22(27)12-15-28(23,29)6/h10,17-18,22-24,31H,8-9,11-16H2,1-7H3/t18-,22-,23-,24-,27-,28+,29+/m0/s1. The molecular weight excluding hydrogens is 380 g/mol. The van der Waals surface area contributed by atoms with Gasteiger partial charge < -0.3 is 5.11 Å². The van der Waals surface area contributed by atoms with Crippen molar-refractivity contribution in [2.24, 2.45) is 45.3 Å². The highest BCUT2D eigenvalue weighted by Crippen LogP contribution is 2.73. The van der Waals surface area contributed by atoms with Crippen molar-refractivity contribution in [3.8, 4) is 0 Å². The van der Waals surface area contributed by atoms with Gasteiger partial charge in [0.1, 0.15) is 0 Å². The third kappa shape index (κ3) is 2.58. The lowest BCUT2D eigenvalue weighted by Crippen LogP contribution is -2.63. The lowest BCUT2D eigenvalue weighted by atomic mass is 9.35. The molecule has 2 fully saturated rings. The molecule has 0 aromatic carbocycles. The fourth-order valence-corrected chi connectivity index (χ4v) is 9.75. The van der Waals surface area contributed by atoms with E-state index < -0.39 is 0 Å². The van der Waals surface area contributed by atoms with E-state index in [1.807, 2.05) is 0 Å². The van der Waals surface area contributed by atoms with Crippen LogP contribution in [0.5, 0.6) is 0 Å². The number of ketones is 1. The van der Waals surface area contributed by atoms with Gasteiger partial charge in [0.15, 0.2) is 5.78 Å². The molecule has 2 nitrogen and oxygen atoms in total. The summed E-state index contributed by atoms with van der Waals surface area (Å²) in [5, 5.41) is 10.8. The number of hydrogen-bond acceptors (Lipinski definition) is 2. The van der Waals surface area contributed by atoms with Crippen LogP contribution < -0.4 is 0 Å². The van der Waals surface area contributed by atoms with E-state index in [0.29, 0.717) is 35.9 Å². The van der Waals surface area contributed by atoms with Crippen LogP contribution in [0, 0.1) is 45.3 Å². The SMILES string of the molecule is CC(C)[C@@H]1CCC2=C1C1=CC[C@H]3[C@@]4(C)CC[C@H](O)C(C)(C)[C@@H]4CC[C@@]3(C)[C@]1(C)CC2=O. The minimum absolute atomic E-state index is 0.0223. The summed E-state index contributed by atoms with van der Waals surface area (Å²) in [6.07, 6.45) is 10.8. The highest BCUT2D eigenvalue weighted by molar-refractivity contribution is 6.00. The van der Waals surface area contributed by atoms with Gasteiger partial charge in [-0.3, -0.25) is 4.79 Å².